The number of imidazole rings is 1. The summed E-state index contributed by atoms with van der Waals surface area (Å²) >= 11 is 5.70. The first-order valence-electron chi connectivity index (χ1n) is 5.46. The first-order chi connectivity index (χ1) is 9.79. The molecule has 0 aliphatic rings. The lowest BCUT2D eigenvalue weighted by atomic mass is 10.3. The molecule has 10 heteroatoms. The van der Waals surface area contributed by atoms with E-state index in [1.54, 1.807) is 0 Å². The molecule has 0 aliphatic heterocycles. The van der Waals surface area contributed by atoms with Crippen molar-refractivity contribution in [3.8, 4) is 5.75 Å². The second kappa shape index (κ2) is 6.17. The molecule has 0 bridgehead atoms. The number of aromatic nitrogens is 2. The average molecular weight is 357 g/mol. The van der Waals surface area contributed by atoms with Crippen LogP contribution < -0.4 is 4.74 Å². The molecule has 0 amide bonds. The van der Waals surface area contributed by atoms with Crippen LogP contribution in [0.5, 0.6) is 5.75 Å². The number of halogens is 4. The lowest BCUT2D eigenvalue weighted by Crippen LogP contribution is -2.08. The molecule has 0 N–H and O–H groups in total. The highest BCUT2D eigenvalue weighted by Gasteiger charge is 2.19. The van der Waals surface area contributed by atoms with E-state index in [0.717, 1.165) is 12.3 Å². The van der Waals surface area contributed by atoms with Crippen molar-refractivity contribution in [2.24, 2.45) is 0 Å². The summed E-state index contributed by atoms with van der Waals surface area (Å²) in [7, 11) is 1.18. The van der Waals surface area contributed by atoms with E-state index in [4.69, 9.17) is 27.0 Å². The third-order valence-electron chi connectivity index (χ3n) is 2.48. The molecule has 1 heterocycles. The van der Waals surface area contributed by atoms with Crippen LogP contribution in [0.3, 0.4) is 0 Å². The Hall–Kier alpha value is -1.38. The van der Waals surface area contributed by atoms with Crippen molar-refractivity contribution in [2.75, 3.05) is 0 Å². The predicted molar refractivity (Wildman–Crippen MR) is 72.3 cm³/mol. The molecule has 0 unspecified atom stereocenters. The summed E-state index contributed by atoms with van der Waals surface area (Å²) in [5, 5.41) is 0.149. The Morgan fingerprint density at radius 3 is 2.71 bits per heavy atom. The third-order valence-corrected chi connectivity index (χ3v) is 4.06. The molecule has 1 aromatic heterocycles. The van der Waals surface area contributed by atoms with Crippen LogP contribution in [0.2, 0.25) is 5.02 Å². The summed E-state index contributed by atoms with van der Waals surface area (Å²) in [6.07, 6.45) is 2.27. The first-order valence-corrected chi connectivity index (χ1v) is 8.14. The number of hydrogen-bond acceptors (Lipinski definition) is 4. The number of alkyl halides is 2. The van der Waals surface area contributed by atoms with Crippen LogP contribution in [-0.2, 0) is 15.7 Å². The van der Waals surface area contributed by atoms with Gasteiger partial charge in [-0.05, 0) is 18.2 Å². The number of nitrogens with zero attached hydrogens (tertiary/aromatic N) is 2. The Morgan fingerprint density at radius 1 is 1.38 bits per heavy atom. The molecule has 0 spiro atoms. The highest BCUT2D eigenvalue weighted by Crippen LogP contribution is 2.30. The Kier molecular flexibility index (Phi) is 4.70. The fourth-order valence-corrected chi connectivity index (χ4v) is 2.80. The van der Waals surface area contributed by atoms with Gasteiger partial charge in [0, 0.05) is 28.1 Å². The van der Waals surface area contributed by atoms with Gasteiger partial charge in [0.05, 0.1) is 0 Å². The Labute approximate surface area is 128 Å². The fourth-order valence-electron chi connectivity index (χ4n) is 1.57. The first kappa shape index (κ1) is 16.0. The highest BCUT2D eigenvalue weighted by atomic mass is 35.7. The van der Waals surface area contributed by atoms with E-state index in [1.165, 1.54) is 18.3 Å². The summed E-state index contributed by atoms with van der Waals surface area (Å²) in [5.74, 6) is -0.156. The van der Waals surface area contributed by atoms with E-state index in [1.807, 2.05) is 0 Å². The summed E-state index contributed by atoms with van der Waals surface area (Å²) in [6.45, 7) is -3.12. The number of rotatable bonds is 5. The Balaban J connectivity index is 2.27. The molecule has 21 heavy (non-hydrogen) atoms. The van der Waals surface area contributed by atoms with Crippen molar-refractivity contribution >= 4 is 31.3 Å². The molecule has 114 valence electrons. The molecular weight excluding hydrogens is 349 g/mol. The minimum atomic E-state index is -4.09. The van der Waals surface area contributed by atoms with Crippen LogP contribution in [-0.4, -0.2) is 18.0 Å². The molecule has 5 nitrogen and oxygen atoms in total. The largest absolute Gasteiger partial charge is 0.484 e. The van der Waals surface area contributed by atoms with Gasteiger partial charge in [0.2, 0.25) is 0 Å². The van der Waals surface area contributed by atoms with Crippen molar-refractivity contribution in [3.05, 3.63) is 41.4 Å². The van der Waals surface area contributed by atoms with Crippen LogP contribution in [0, 0.1) is 0 Å². The zero-order valence-electron chi connectivity index (χ0n) is 10.2. The van der Waals surface area contributed by atoms with E-state index in [-0.39, 0.29) is 28.1 Å². The van der Waals surface area contributed by atoms with E-state index in [2.05, 4.69) is 4.98 Å². The number of benzene rings is 1. The highest BCUT2D eigenvalue weighted by molar-refractivity contribution is 8.13. The zero-order chi connectivity index (χ0) is 15.6. The average Bonchev–Trinajstić information content (AvgIpc) is 2.84. The smallest absolute Gasteiger partial charge is 0.320 e. The van der Waals surface area contributed by atoms with E-state index < -0.39 is 15.6 Å². The zero-order valence-corrected chi connectivity index (χ0v) is 12.5. The molecule has 0 aliphatic carbocycles. The van der Waals surface area contributed by atoms with Crippen molar-refractivity contribution in [2.45, 2.75) is 18.1 Å². The van der Waals surface area contributed by atoms with Gasteiger partial charge in [0.1, 0.15) is 17.3 Å². The summed E-state index contributed by atoms with van der Waals surface area (Å²) in [4.78, 5) is 3.37. The van der Waals surface area contributed by atoms with Gasteiger partial charge in [-0.2, -0.15) is 8.78 Å². The van der Waals surface area contributed by atoms with Gasteiger partial charge in [-0.25, -0.2) is 13.4 Å². The van der Waals surface area contributed by atoms with Gasteiger partial charge in [-0.3, -0.25) is 4.57 Å². The molecule has 0 atom stereocenters. The third kappa shape index (κ3) is 3.84. The predicted octanol–water partition coefficient (Wildman–Crippen LogP) is 3.44. The molecule has 0 fully saturated rings. The van der Waals surface area contributed by atoms with Crippen LogP contribution in [0.25, 0.3) is 0 Å². The maximum Gasteiger partial charge on any atom is 0.320 e. The van der Waals surface area contributed by atoms with Gasteiger partial charge < -0.3 is 4.74 Å². The fraction of sp³-hybridized carbons (Fsp3) is 0.182. The van der Waals surface area contributed by atoms with Gasteiger partial charge in [-0.1, -0.05) is 11.6 Å². The lowest BCUT2D eigenvalue weighted by molar-refractivity contribution is 0.0631. The van der Waals surface area contributed by atoms with Gasteiger partial charge in [-0.15, -0.1) is 0 Å². The standard InChI is InChI=1S/C11H8Cl2F2N2O3S/c12-7-1-2-8(9(5-7)21(13,18)19)20-6-10-16-3-4-17(10)11(14)15/h1-5,11H,6H2. The minimum Gasteiger partial charge on any atom is -0.484 e. The lowest BCUT2D eigenvalue weighted by Gasteiger charge is -2.11. The maximum absolute atomic E-state index is 12.6. The number of ether oxygens (including phenoxy) is 1. The van der Waals surface area contributed by atoms with E-state index in [9.17, 15) is 17.2 Å². The van der Waals surface area contributed by atoms with Crippen LogP contribution in [0.15, 0.2) is 35.5 Å². The van der Waals surface area contributed by atoms with Gasteiger partial charge >= 0.3 is 6.55 Å². The monoisotopic (exact) mass is 356 g/mol. The number of hydrogen-bond donors (Lipinski definition) is 0. The van der Waals surface area contributed by atoms with Crippen LogP contribution in [0.4, 0.5) is 8.78 Å². The molecule has 0 saturated carbocycles. The molecule has 2 aromatic rings. The van der Waals surface area contributed by atoms with E-state index >= 15 is 0 Å². The normalized spacial score (nSPS) is 11.9. The molecule has 2 rings (SSSR count). The van der Waals surface area contributed by atoms with Crippen LogP contribution >= 0.6 is 22.3 Å². The Bertz CT molecular complexity index is 750. The summed E-state index contributed by atoms with van der Waals surface area (Å²) in [6, 6.07) is 3.79. The van der Waals surface area contributed by atoms with Crippen molar-refractivity contribution in [1.29, 1.82) is 0 Å². The molecule has 0 saturated heterocycles. The van der Waals surface area contributed by atoms with Gasteiger partial charge in [0.25, 0.3) is 9.05 Å². The maximum atomic E-state index is 12.6. The van der Waals surface area contributed by atoms with Gasteiger partial charge in [0.15, 0.2) is 5.82 Å². The Morgan fingerprint density at radius 2 is 2.10 bits per heavy atom. The minimum absolute atomic E-state index is 0.0575. The molecule has 0 radical (unpaired) electrons. The second-order valence-electron chi connectivity index (χ2n) is 3.85. The molecule has 1 aromatic carbocycles. The van der Waals surface area contributed by atoms with Crippen molar-refractivity contribution in [1.82, 2.24) is 9.55 Å². The van der Waals surface area contributed by atoms with E-state index in [0.29, 0.717) is 4.57 Å². The molecular formula is C11H8Cl2F2N2O3S. The van der Waals surface area contributed by atoms with Crippen molar-refractivity contribution in [3.63, 3.8) is 0 Å². The quantitative estimate of drug-likeness (QED) is 0.770. The van der Waals surface area contributed by atoms with Crippen molar-refractivity contribution < 1.29 is 21.9 Å². The van der Waals surface area contributed by atoms with Crippen LogP contribution in [0.1, 0.15) is 12.4 Å². The topological polar surface area (TPSA) is 61.2 Å². The summed E-state index contributed by atoms with van der Waals surface area (Å²) in [5.41, 5.74) is 0. The SMILES string of the molecule is O=S(=O)(Cl)c1cc(Cl)ccc1OCc1nccn1C(F)F. The second-order valence-corrected chi connectivity index (χ2v) is 6.82. The summed E-state index contributed by atoms with van der Waals surface area (Å²) < 4.78 is 54.0.